The number of hydrogen-bond acceptors (Lipinski definition) is 6. The number of likely N-dealkylation sites (N-methyl/N-ethyl adjacent to an activating group) is 1. The lowest BCUT2D eigenvalue weighted by Crippen LogP contribution is -2.57. The molecule has 128 valence electrons. The summed E-state index contributed by atoms with van der Waals surface area (Å²) >= 11 is 1.91. The van der Waals surface area contributed by atoms with E-state index in [9.17, 15) is 0 Å². The van der Waals surface area contributed by atoms with Crippen LogP contribution in [-0.4, -0.2) is 60.3 Å². The predicted octanol–water partition coefficient (Wildman–Crippen LogP) is 2.31. The Morgan fingerprint density at radius 3 is 3.00 bits per heavy atom. The van der Waals surface area contributed by atoms with Crippen molar-refractivity contribution in [2.45, 2.75) is 18.3 Å². The maximum absolute atomic E-state index is 5.99. The number of aliphatic imine (C=N–C) groups is 1. The maximum atomic E-state index is 5.99. The first-order valence-corrected chi connectivity index (χ1v) is 9.48. The van der Waals surface area contributed by atoms with Crippen molar-refractivity contribution in [3.8, 4) is 0 Å². The Morgan fingerprint density at radius 2 is 2.17 bits per heavy atom. The highest BCUT2D eigenvalue weighted by Crippen LogP contribution is 2.42. The zero-order valence-corrected chi connectivity index (χ0v) is 15.1. The van der Waals surface area contributed by atoms with E-state index in [0.29, 0.717) is 23.9 Å². The highest BCUT2D eigenvalue weighted by Gasteiger charge is 2.37. The number of rotatable bonds is 1. The molecule has 0 aromatic heterocycles. The van der Waals surface area contributed by atoms with E-state index in [1.807, 2.05) is 11.8 Å². The molecular weight excluding hydrogens is 318 g/mol. The van der Waals surface area contributed by atoms with Gasteiger partial charge in [-0.1, -0.05) is 18.2 Å². The number of nitrogens with two attached hydrogens (primary N) is 1. The van der Waals surface area contributed by atoms with Gasteiger partial charge in [0.25, 0.3) is 0 Å². The first-order chi connectivity index (χ1) is 11.7. The second-order valence-electron chi connectivity index (χ2n) is 6.79. The Bertz CT molecular complexity index is 686. The number of hydrogen-bond donors (Lipinski definition) is 2. The molecule has 4 rings (SSSR count). The number of amidine groups is 1. The number of nitrogens with zero attached hydrogens (tertiary/aromatic N) is 3. The van der Waals surface area contributed by atoms with E-state index >= 15 is 0 Å². The lowest BCUT2D eigenvalue weighted by Gasteiger charge is -2.41. The first kappa shape index (κ1) is 16.0. The van der Waals surface area contributed by atoms with E-state index in [2.05, 4.69) is 59.4 Å². The molecule has 0 bridgehead atoms. The van der Waals surface area contributed by atoms with Crippen molar-refractivity contribution in [3.05, 3.63) is 35.2 Å². The standard InChI is InChI=1S/C18H25N5S/c1-12-9-14-17(23-8-7-22(2)13(10-19)11-23)20-15-5-3-4-6-16(15)21-18(14)24-12/h3-6,9,13-14,18,21H,7-8,10-11,19H2,1-2H3. The molecule has 0 aliphatic carbocycles. The zero-order chi connectivity index (χ0) is 16.7. The average Bonchev–Trinajstić information content (AvgIpc) is 2.87. The smallest absolute Gasteiger partial charge is 0.115 e. The molecule has 0 spiro atoms. The normalized spacial score (nSPS) is 30.0. The number of anilines is 1. The summed E-state index contributed by atoms with van der Waals surface area (Å²) in [6.07, 6.45) is 2.36. The Morgan fingerprint density at radius 1 is 1.33 bits per heavy atom. The molecular formula is C18H25N5S. The van der Waals surface area contributed by atoms with Crippen LogP contribution in [0.5, 0.6) is 0 Å². The van der Waals surface area contributed by atoms with Crippen LogP contribution < -0.4 is 11.1 Å². The lowest BCUT2D eigenvalue weighted by atomic mass is 10.0. The third kappa shape index (κ3) is 2.83. The van der Waals surface area contributed by atoms with Crippen molar-refractivity contribution in [2.75, 3.05) is 38.5 Å². The molecule has 0 saturated carbocycles. The van der Waals surface area contributed by atoms with Gasteiger partial charge in [0.05, 0.1) is 22.7 Å². The van der Waals surface area contributed by atoms with E-state index < -0.39 is 0 Å². The summed E-state index contributed by atoms with van der Waals surface area (Å²) in [7, 11) is 2.17. The quantitative estimate of drug-likeness (QED) is 0.819. The summed E-state index contributed by atoms with van der Waals surface area (Å²) in [5, 5.41) is 4.01. The van der Waals surface area contributed by atoms with Gasteiger partial charge >= 0.3 is 0 Å². The lowest BCUT2D eigenvalue weighted by molar-refractivity contribution is 0.143. The number of nitrogens with one attached hydrogen (secondary N) is 1. The molecule has 3 unspecified atom stereocenters. The largest absolute Gasteiger partial charge is 0.370 e. The monoisotopic (exact) mass is 343 g/mol. The van der Waals surface area contributed by atoms with Crippen molar-refractivity contribution < 1.29 is 0 Å². The van der Waals surface area contributed by atoms with Crippen LogP contribution in [0.4, 0.5) is 11.4 Å². The number of allylic oxidation sites excluding steroid dienone is 1. The summed E-state index contributed by atoms with van der Waals surface area (Å²) in [4.78, 5) is 11.3. The summed E-state index contributed by atoms with van der Waals surface area (Å²) in [5.41, 5.74) is 8.15. The van der Waals surface area contributed by atoms with Crippen molar-refractivity contribution in [3.63, 3.8) is 0 Å². The number of thioether (sulfide) groups is 1. The van der Waals surface area contributed by atoms with E-state index in [4.69, 9.17) is 10.7 Å². The van der Waals surface area contributed by atoms with Gasteiger partial charge in [0.2, 0.25) is 0 Å². The molecule has 3 N–H and O–H groups in total. The molecule has 24 heavy (non-hydrogen) atoms. The molecule has 3 aliphatic rings. The Kier molecular flexibility index (Phi) is 4.28. The molecule has 3 heterocycles. The molecule has 1 saturated heterocycles. The summed E-state index contributed by atoms with van der Waals surface area (Å²) < 4.78 is 0. The SMILES string of the molecule is CC1=CC2C(N3CCN(C)C(CN)C3)=Nc3ccccc3NC2S1. The van der Waals surface area contributed by atoms with Crippen LogP contribution in [0.3, 0.4) is 0 Å². The van der Waals surface area contributed by atoms with Crippen molar-refractivity contribution in [2.24, 2.45) is 16.6 Å². The Hall–Kier alpha value is -1.50. The summed E-state index contributed by atoms with van der Waals surface area (Å²) in [6, 6.07) is 8.75. The van der Waals surface area contributed by atoms with Gasteiger partial charge in [-0.2, -0.15) is 0 Å². The van der Waals surface area contributed by atoms with E-state index in [1.165, 1.54) is 10.7 Å². The van der Waals surface area contributed by atoms with Gasteiger partial charge in [-0.25, -0.2) is 4.99 Å². The van der Waals surface area contributed by atoms with E-state index in [-0.39, 0.29) is 0 Å². The first-order valence-electron chi connectivity index (χ1n) is 8.60. The van der Waals surface area contributed by atoms with Crippen molar-refractivity contribution >= 4 is 29.0 Å². The van der Waals surface area contributed by atoms with Gasteiger partial charge in [0.1, 0.15) is 5.84 Å². The molecule has 1 aromatic rings. The van der Waals surface area contributed by atoms with Crippen LogP contribution in [-0.2, 0) is 0 Å². The Balaban J connectivity index is 1.71. The topological polar surface area (TPSA) is 56.9 Å². The Labute approximate surface area is 148 Å². The van der Waals surface area contributed by atoms with Crippen LogP contribution >= 0.6 is 11.8 Å². The highest BCUT2D eigenvalue weighted by molar-refractivity contribution is 8.04. The molecule has 0 radical (unpaired) electrons. The van der Waals surface area contributed by atoms with Gasteiger partial charge < -0.3 is 16.0 Å². The fourth-order valence-corrected chi connectivity index (χ4v) is 4.88. The second-order valence-corrected chi connectivity index (χ2v) is 8.18. The molecule has 1 aromatic carbocycles. The summed E-state index contributed by atoms with van der Waals surface area (Å²) in [6.45, 7) is 5.87. The summed E-state index contributed by atoms with van der Waals surface area (Å²) in [5.74, 6) is 1.50. The van der Waals surface area contributed by atoms with E-state index in [1.54, 1.807) is 0 Å². The average molecular weight is 344 g/mol. The highest BCUT2D eigenvalue weighted by atomic mass is 32.2. The second kappa shape index (κ2) is 6.43. The third-order valence-corrected chi connectivity index (χ3v) is 6.33. The van der Waals surface area contributed by atoms with Crippen molar-refractivity contribution in [1.29, 1.82) is 0 Å². The minimum atomic E-state index is 0.309. The van der Waals surface area contributed by atoms with Crippen LogP contribution in [0.2, 0.25) is 0 Å². The van der Waals surface area contributed by atoms with Crippen LogP contribution in [0.1, 0.15) is 6.92 Å². The minimum absolute atomic E-state index is 0.309. The van der Waals surface area contributed by atoms with Gasteiger partial charge in [-0.3, -0.25) is 4.90 Å². The molecule has 0 amide bonds. The molecule has 3 atom stereocenters. The van der Waals surface area contributed by atoms with Crippen LogP contribution in [0.15, 0.2) is 40.2 Å². The van der Waals surface area contributed by atoms with Gasteiger partial charge in [0.15, 0.2) is 0 Å². The fourth-order valence-electron chi connectivity index (χ4n) is 3.72. The van der Waals surface area contributed by atoms with E-state index in [0.717, 1.165) is 31.0 Å². The zero-order valence-electron chi connectivity index (χ0n) is 14.3. The number of benzene rings is 1. The van der Waals surface area contributed by atoms with Gasteiger partial charge in [-0.05, 0) is 31.0 Å². The van der Waals surface area contributed by atoms with Crippen molar-refractivity contribution in [1.82, 2.24) is 9.80 Å². The number of fused-ring (bicyclic) bond motifs is 2. The fraction of sp³-hybridized carbons (Fsp3) is 0.500. The van der Waals surface area contributed by atoms with Gasteiger partial charge in [-0.15, -0.1) is 11.8 Å². The maximum Gasteiger partial charge on any atom is 0.115 e. The molecule has 6 heteroatoms. The third-order valence-electron chi connectivity index (χ3n) is 5.16. The van der Waals surface area contributed by atoms with Crippen LogP contribution in [0, 0.1) is 5.92 Å². The molecule has 3 aliphatic heterocycles. The number of piperazine rings is 1. The predicted molar refractivity (Wildman–Crippen MR) is 103 cm³/mol. The van der Waals surface area contributed by atoms with Gasteiger partial charge in [0, 0.05) is 32.2 Å². The minimum Gasteiger partial charge on any atom is -0.370 e. The number of para-hydroxylation sites is 2. The molecule has 5 nitrogen and oxygen atoms in total. The molecule has 1 fully saturated rings. The van der Waals surface area contributed by atoms with Crippen LogP contribution in [0.25, 0.3) is 0 Å².